The van der Waals surface area contributed by atoms with Crippen LogP contribution >= 0.6 is 0 Å². The summed E-state index contributed by atoms with van der Waals surface area (Å²) in [7, 11) is -3.57. The normalized spacial score (nSPS) is 18.3. The van der Waals surface area contributed by atoms with Gasteiger partial charge in [-0.05, 0) is 42.4 Å². The van der Waals surface area contributed by atoms with Crippen LogP contribution in [0.3, 0.4) is 0 Å². The monoisotopic (exact) mass is 473 g/mol. The van der Waals surface area contributed by atoms with Gasteiger partial charge in [-0.25, -0.2) is 13.4 Å². The molecule has 1 N–H and O–H groups in total. The molecule has 10 heteroatoms. The van der Waals surface area contributed by atoms with Crippen LogP contribution in [0.15, 0.2) is 47.5 Å². The lowest BCUT2D eigenvalue weighted by atomic mass is 10.2. The summed E-state index contributed by atoms with van der Waals surface area (Å²) < 4.78 is 32.1. The summed E-state index contributed by atoms with van der Waals surface area (Å²) >= 11 is 0. The van der Waals surface area contributed by atoms with Crippen molar-refractivity contribution in [3.63, 3.8) is 0 Å². The molecule has 2 aliphatic heterocycles. The number of benzene rings is 1. The van der Waals surface area contributed by atoms with Gasteiger partial charge in [-0.15, -0.1) is 0 Å². The molecule has 0 saturated carbocycles. The SMILES string of the molecule is CCN1CCN(c2ccc(CNC(=O)c3ccc(S(=O)(=O)N4CCOCC4)cc3)cn2)CC1. The van der Waals surface area contributed by atoms with E-state index in [-0.39, 0.29) is 10.8 Å². The van der Waals surface area contributed by atoms with E-state index in [2.05, 4.69) is 27.0 Å². The van der Waals surface area contributed by atoms with Crippen LogP contribution in [0.25, 0.3) is 0 Å². The standard InChI is InChI=1S/C23H31N5O4S/c1-2-26-9-11-27(12-10-26)22-8-3-19(17-24-22)18-25-23(29)20-4-6-21(7-5-20)33(30,31)28-13-15-32-16-14-28/h3-8,17H,2,9-16,18H2,1H3,(H,25,29). The second-order valence-corrected chi connectivity index (χ2v) is 10.1. The van der Waals surface area contributed by atoms with Crippen LogP contribution in [0.5, 0.6) is 0 Å². The van der Waals surface area contributed by atoms with E-state index in [1.54, 1.807) is 18.3 Å². The van der Waals surface area contributed by atoms with Crippen molar-refractivity contribution in [1.82, 2.24) is 19.5 Å². The third-order valence-corrected chi connectivity index (χ3v) is 8.04. The first kappa shape index (κ1) is 23.6. The fraction of sp³-hybridized carbons (Fsp3) is 0.478. The molecule has 9 nitrogen and oxygen atoms in total. The quantitative estimate of drug-likeness (QED) is 0.645. The maximum Gasteiger partial charge on any atom is 0.251 e. The van der Waals surface area contributed by atoms with Gasteiger partial charge >= 0.3 is 0 Å². The molecule has 1 amide bonds. The van der Waals surface area contributed by atoms with E-state index in [4.69, 9.17) is 4.74 Å². The number of anilines is 1. The average Bonchev–Trinajstić information content (AvgIpc) is 2.88. The van der Waals surface area contributed by atoms with E-state index in [0.29, 0.717) is 38.4 Å². The van der Waals surface area contributed by atoms with Crippen molar-refractivity contribution in [2.24, 2.45) is 0 Å². The predicted octanol–water partition coefficient (Wildman–Crippen LogP) is 1.17. The van der Waals surface area contributed by atoms with Gasteiger partial charge in [0.1, 0.15) is 5.82 Å². The number of rotatable bonds is 7. The number of ether oxygens (including phenoxy) is 1. The number of nitrogens with zero attached hydrogens (tertiary/aromatic N) is 4. The highest BCUT2D eigenvalue weighted by Gasteiger charge is 2.26. The zero-order valence-corrected chi connectivity index (χ0v) is 19.8. The second kappa shape index (κ2) is 10.6. The molecule has 0 aliphatic carbocycles. The maximum atomic E-state index is 12.7. The lowest BCUT2D eigenvalue weighted by Crippen LogP contribution is -2.46. The van der Waals surface area contributed by atoms with Gasteiger partial charge in [0.25, 0.3) is 5.91 Å². The van der Waals surface area contributed by atoms with Gasteiger partial charge in [0.2, 0.25) is 10.0 Å². The molecule has 1 aromatic heterocycles. The van der Waals surface area contributed by atoms with Crippen LogP contribution in [-0.2, 0) is 21.3 Å². The molecule has 2 saturated heterocycles. The molecule has 178 valence electrons. The van der Waals surface area contributed by atoms with E-state index >= 15 is 0 Å². The Bertz CT molecular complexity index is 1030. The number of pyridine rings is 1. The van der Waals surface area contributed by atoms with Gasteiger partial charge in [0, 0.05) is 57.6 Å². The summed E-state index contributed by atoms with van der Waals surface area (Å²) in [6.07, 6.45) is 1.79. The van der Waals surface area contributed by atoms with Crippen molar-refractivity contribution >= 4 is 21.7 Å². The third-order valence-electron chi connectivity index (χ3n) is 6.13. The highest BCUT2D eigenvalue weighted by atomic mass is 32.2. The Morgan fingerprint density at radius 3 is 2.30 bits per heavy atom. The van der Waals surface area contributed by atoms with Crippen LogP contribution in [0, 0.1) is 0 Å². The van der Waals surface area contributed by atoms with Crippen molar-refractivity contribution in [3.8, 4) is 0 Å². The fourth-order valence-electron chi connectivity index (χ4n) is 4.00. The number of nitrogens with one attached hydrogen (secondary N) is 1. The molecule has 0 unspecified atom stereocenters. The van der Waals surface area contributed by atoms with Crippen molar-refractivity contribution in [1.29, 1.82) is 0 Å². The van der Waals surface area contributed by atoms with E-state index in [1.165, 1.54) is 16.4 Å². The number of piperazine rings is 1. The number of carbonyl (C=O) groups is 1. The smallest absolute Gasteiger partial charge is 0.251 e. The average molecular weight is 474 g/mol. The van der Waals surface area contributed by atoms with Crippen molar-refractivity contribution in [2.75, 3.05) is 63.9 Å². The number of amides is 1. The number of morpholine rings is 1. The molecule has 0 radical (unpaired) electrons. The summed E-state index contributed by atoms with van der Waals surface area (Å²) in [4.78, 5) is 22.0. The van der Waals surface area contributed by atoms with Gasteiger partial charge in [0.15, 0.2) is 0 Å². The Morgan fingerprint density at radius 2 is 1.70 bits per heavy atom. The van der Waals surface area contributed by atoms with Crippen LogP contribution in [0.4, 0.5) is 5.82 Å². The minimum atomic E-state index is -3.57. The molecular weight excluding hydrogens is 442 g/mol. The van der Waals surface area contributed by atoms with Crippen molar-refractivity contribution in [3.05, 3.63) is 53.7 Å². The van der Waals surface area contributed by atoms with Crippen LogP contribution in [-0.4, -0.2) is 87.5 Å². The minimum Gasteiger partial charge on any atom is -0.379 e. The number of carbonyl (C=O) groups excluding carboxylic acids is 1. The molecule has 0 spiro atoms. The number of hydrogen-bond donors (Lipinski definition) is 1. The number of sulfonamides is 1. The molecule has 3 heterocycles. The van der Waals surface area contributed by atoms with E-state index in [0.717, 1.165) is 44.1 Å². The summed E-state index contributed by atoms with van der Waals surface area (Å²) in [6, 6.07) is 10.0. The first-order valence-electron chi connectivity index (χ1n) is 11.4. The van der Waals surface area contributed by atoms with Gasteiger partial charge in [0.05, 0.1) is 18.1 Å². The Hall–Kier alpha value is -2.53. The molecule has 33 heavy (non-hydrogen) atoms. The lowest BCUT2D eigenvalue weighted by Gasteiger charge is -2.34. The Morgan fingerprint density at radius 1 is 1.00 bits per heavy atom. The van der Waals surface area contributed by atoms with Crippen molar-refractivity contribution in [2.45, 2.75) is 18.4 Å². The minimum absolute atomic E-state index is 0.181. The lowest BCUT2D eigenvalue weighted by molar-refractivity contribution is 0.0730. The number of likely N-dealkylation sites (N-methyl/N-ethyl adjacent to an activating group) is 1. The van der Waals surface area contributed by atoms with Gasteiger partial charge in [-0.2, -0.15) is 4.31 Å². The summed E-state index contributed by atoms with van der Waals surface area (Å²) in [5, 5.41) is 2.87. The topological polar surface area (TPSA) is 95.1 Å². The fourth-order valence-corrected chi connectivity index (χ4v) is 5.41. The molecule has 4 rings (SSSR count). The molecule has 2 fully saturated rings. The van der Waals surface area contributed by atoms with E-state index < -0.39 is 10.0 Å². The largest absolute Gasteiger partial charge is 0.379 e. The van der Waals surface area contributed by atoms with Gasteiger partial charge in [-0.1, -0.05) is 13.0 Å². The highest BCUT2D eigenvalue weighted by Crippen LogP contribution is 2.18. The Kier molecular flexibility index (Phi) is 7.59. The Labute approximate surface area is 195 Å². The summed E-state index contributed by atoms with van der Waals surface area (Å²) in [5.41, 5.74) is 1.32. The zero-order valence-electron chi connectivity index (χ0n) is 18.9. The van der Waals surface area contributed by atoms with Gasteiger partial charge < -0.3 is 19.9 Å². The van der Waals surface area contributed by atoms with Crippen LogP contribution in [0.2, 0.25) is 0 Å². The molecule has 0 bridgehead atoms. The zero-order chi connectivity index (χ0) is 23.3. The first-order valence-corrected chi connectivity index (χ1v) is 12.8. The maximum absolute atomic E-state index is 12.7. The van der Waals surface area contributed by atoms with Crippen LogP contribution < -0.4 is 10.2 Å². The van der Waals surface area contributed by atoms with Crippen LogP contribution in [0.1, 0.15) is 22.8 Å². The summed E-state index contributed by atoms with van der Waals surface area (Å²) in [5.74, 6) is 0.697. The number of hydrogen-bond acceptors (Lipinski definition) is 7. The molecule has 2 aromatic rings. The highest BCUT2D eigenvalue weighted by molar-refractivity contribution is 7.89. The van der Waals surface area contributed by atoms with Crippen molar-refractivity contribution < 1.29 is 17.9 Å². The molecule has 2 aliphatic rings. The van der Waals surface area contributed by atoms with Gasteiger partial charge in [-0.3, -0.25) is 4.79 Å². The molecule has 1 aromatic carbocycles. The Balaban J connectivity index is 1.30. The van der Waals surface area contributed by atoms with E-state index in [1.807, 2.05) is 12.1 Å². The molecular formula is C23H31N5O4S. The predicted molar refractivity (Wildman–Crippen MR) is 126 cm³/mol. The molecule has 0 atom stereocenters. The van der Waals surface area contributed by atoms with E-state index in [9.17, 15) is 13.2 Å². The third kappa shape index (κ3) is 5.70. The number of aromatic nitrogens is 1. The summed E-state index contributed by atoms with van der Waals surface area (Å²) in [6.45, 7) is 9.09. The second-order valence-electron chi connectivity index (χ2n) is 8.17. The first-order chi connectivity index (χ1) is 16.0.